The van der Waals surface area contributed by atoms with Gasteiger partial charge < -0.3 is 14.8 Å². The number of methoxy groups -OCH3 is 1. The lowest BCUT2D eigenvalue weighted by Gasteiger charge is -2.04. The van der Waals surface area contributed by atoms with E-state index in [9.17, 15) is 9.90 Å². The molecule has 78 valence electrons. The summed E-state index contributed by atoms with van der Waals surface area (Å²) >= 11 is 1.10. The third kappa shape index (κ3) is 1.87. The van der Waals surface area contributed by atoms with Crippen molar-refractivity contribution < 1.29 is 9.84 Å². The van der Waals surface area contributed by atoms with Crippen molar-refractivity contribution in [3.05, 3.63) is 33.2 Å². The molecule has 0 fully saturated rings. The van der Waals surface area contributed by atoms with Gasteiger partial charge in [0.05, 0.1) is 12.8 Å². The van der Waals surface area contributed by atoms with Gasteiger partial charge in [-0.15, -0.1) is 0 Å². The first-order valence-electron chi connectivity index (χ1n) is 4.26. The first-order chi connectivity index (χ1) is 7.20. The molecule has 1 aromatic carbocycles. The van der Waals surface area contributed by atoms with E-state index >= 15 is 0 Å². The lowest BCUT2D eigenvalue weighted by atomic mass is 10.1. The fraction of sp³-hybridized carbons (Fsp3) is 0.100. The zero-order chi connectivity index (χ0) is 10.8. The highest BCUT2D eigenvalue weighted by atomic mass is 32.1. The van der Waals surface area contributed by atoms with Crippen molar-refractivity contribution in [3.63, 3.8) is 0 Å². The predicted molar refractivity (Wildman–Crippen MR) is 58.6 cm³/mol. The fourth-order valence-electron chi connectivity index (χ4n) is 1.27. The van der Waals surface area contributed by atoms with Gasteiger partial charge in [0.25, 0.3) is 0 Å². The molecule has 0 aliphatic rings. The van der Waals surface area contributed by atoms with Gasteiger partial charge in [-0.25, -0.2) is 0 Å². The van der Waals surface area contributed by atoms with Crippen LogP contribution in [0.15, 0.2) is 28.4 Å². The summed E-state index contributed by atoms with van der Waals surface area (Å²) in [6.07, 6.45) is 0. The number of aromatic amines is 1. The second-order valence-corrected chi connectivity index (χ2v) is 3.79. The molecule has 0 aliphatic heterocycles. The van der Waals surface area contributed by atoms with Crippen molar-refractivity contribution in [2.75, 3.05) is 7.11 Å². The number of thiazole rings is 1. The summed E-state index contributed by atoms with van der Waals surface area (Å²) in [5.41, 5.74) is 1.53. The molecule has 2 N–H and O–H groups in total. The van der Waals surface area contributed by atoms with Crippen LogP contribution in [0.1, 0.15) is 0 Å². The Morgan fingerprint density at radius 3 is 2.87 bits per heavy atom. The number of benzene rings is 1. The molecule has 0 bridgehead atoms. The summed E-state index contributed by atoms with van der Waals surface area (Å²) in [5.74, 6) is 0.471. The molecule has 1 aromatic heterocycles. The molecule has 15 heavy (non-hydrogen) atoms. The average Bonchev–Trinajstić information content (AvgIpc) is 2.66. The Balaban J connectivity index is 2.50. The minimum Gasteiger partial charge on any atom is -0.504 e. The van der Waals surface area contributed by atoms with E-state index in [1.54, 1.807) is 17.5 Å². The Hall–Kier alpha value is -1.75. The average molecular weight is 223 g/mol. The molecule has 0 unspecified atom stereocenters. The van der Waals surface area contributed by atoms with Crippen molar-refractivity contribution in [2.45, 2.75) is 0 Å². The Bertz CT molecular complexity index is 529. The van der Waals surface area contributed by atoms with Crippen molar-refractivity contribution in [3.8, 4) is 22.8 Å². The highest BCUT2D eigenvalue weighted by Crippen LogP contribution is 2.30. The van der Waals surface area contributed by atoms with Gasteiger partial charge in [-0.1, -0.05) is 11.3 Å². The molecular weight excluding hydrogens is 214 g/mol. The lowest BCUT2D eigenvalue weighted by molar-refractivity contribution is 0.373. The SMILES string of the molecule is COc1cc(-c2csc(=O)[nH]2)ccc1O. The monoisotopic (exact) mass is 223 g/mol. The molecule has 2 aromatic rings. The Morgan fingerprint density at radius 2 is 2.27 bits per heavy atom. The van der Waals surface area contributed by atoms with Gasteiger partial charge in [0.2, 0.25) is 0 Å². The third-order valence-corrected chi connectivity index (χ3v) is 2.68. The van der Waals surface area contributed by atoms with E-state index in [0.29, 0.717) is 5.75 Å². The molecule has 0 radical (unpaired) electrons. The quantitative estimate of drug-likeness (QED) is 0.816. The molecule has 0 saturated heterocycles. The van der Waals surface area contributed by atoms with Crippen LogP contribution in [-0.2, 0) is 0 Å². The molecule has 5 heteroatoms. The van der Waals surface area contributed by atoms with Crippen LogP contribution in [0, 0.1) is 0 Å². The molecule has 1 heterocycles. The summed E-state index contributed by atoms with van der Waals surface area (Å²) in [6, 6.07) is 4.92. The smallest absolute Gasteiger partial charge is 0.304 e. The highest BCUT2D eigenvalue weighted by Gasteiger charge is 2.05. The molecule has 0 spiro atoms. The van der Waals surface area contributed by atoms with E-state index in [4.69, 9.17) is 4.74 Å². The molecule has 0 atom stereocenters. The number of aromatic nitrogens is 1. The number of rotatable bonds is 2. The summed E-state index contributed by atoms with van der Waals surface area (Å²) in [7, 11) is 1.48. The molecule has 0 aliphatic carbocycles. The van der Waals surface area contributed by atoms with E-state index in [-0.39, 0.29) is 10.6 Å². The minimum atomic E-state index is -0.1000. The summed E-state index contributed by atoms with van der Waals surface area (Å²) < 4.78 is 4.98. The number of hydrogen-bond donors (Lipinski definition) is 2. The van der Waals surface area contributed by atoms with E-state index in [2.05, 4.69) is 4.98 Å². The number of phenolic OH excluding ortho intramolecular Hbond substituents is 1. The molecule has 2 rings (SSSR count). The first kappa shape index (κ1) is 9.79. The van der Waals surface area contributed by atoms with Crippen molar-refractivity contribution in [1.29, 1.82) is 0 Å². The van der Waals surface area contributed by atoms with Crippen LogP contribution in [0.5, 0.6) is 11.5 Å². The largest absolute Gasteiger partial charge is 0.504 e. The van der Waals surface area contributed by atoms with Crippen molar-refractivity contribution in [1.82, 2.24) is 4.98 Å². The van der Waals surface area contributed by atoms with Crippen molar-refractivity contribution in [2.24, 2.45) is 0 Å². The summed E-state index contributed by atoms with van der Waals surface area (Å²) in [5, 5.41) is 11.1. The second kappa shape index (κ2) is 3.78. The first-order valence-corrected chi connectivity index (χ1v) is 5.14. The normalized spacial score (nSPS) is 10.2. The molecule has 0 amide bonds. The minimum absolute atomic E-state index is 0.0822. The number of hydrogen-bond acceptors (Lipinski definition) is 4. The van der Waals surface area contributed by atoms with E-state index in [1.807, 2.05) is 0 Å². The fourth-order valence-corrected chi connectivity index (χ4v) is 1.86. The van der Waals surface area contributed by atoms with Gasteiger partial charge in [0, 0.05) is 10.9 Å². The molecule has 4 nitrogen and oxygen atoms in total. The number of ether oxygens (including phenoxy) is 1. The molecule has 0 saturated carbocycles. The van der Waals surface area contributed by atoms with Crippen LogP contribution in [-0.4, -0.2) is 17.2 Å². The maximum absolute atomic E-state index is 11.0. The van der Waals surface area contributed by atoms with Crippen LogP contribution >= 0.6 is 11.3 Å². The van der Waals surface area contributed by atoms with Crippen LogP contribution in [0.3, 0.4) is 0 Å². The summed E-state index contributed by atoms with van der Waals surface area (Å²) in [6.45, 7) is 0. The van der Waals surface area contributed by atoms with Crippen LogP contribution in [0.25, 0.3) is 11.3 Å². The number of H-pyrrole nitrogens is 1. The highest BCUT2D eigenvalue weighted by molar-refractivity contribution is 7.07. The maximum atomic E-state index is 11.0. The Morgan fingerprint density at radius 1 is 1.47 bits per heavy atom. The third-order valence-electron chi connectivity index (χ3n) is 2.01. The van der Waals surface area contributed by atoms with Gasteiger partial charge in [-0.2, -0.15) is 0 Å². The van der Waals surface area contributed by atoms with Crippen LogP contribution < -0.4 is 9.61 Å². The van der Waals surface area contributed by atoms with E-state index in [0.717, 1.165) is 22.6 Å². The van der Waals surface area contributed by atoms with E-state index in [1.165, 1.54) is 13.2 Å². The molecular formula is C10H9NO3S. The van der Waals surface area contributed by atoms with E-state index < -0.39 is 0 Å². The van der Waals surface area contributed by atoms with Crippen LogP contribution in [0.2, 0.25) is 0 Å². The van der Waals surface area contributed by atoms with Gasteiger partial charge in [-0.3, -0.25) is 4.79 Å². The Labute approximate surface area is 89.8 Å². The zero-order valence-corrected chi connectivity index (χ0v) is 8.80. The van der Waals surface area contributed by atoms with Gasteiger partial charge in [0.15, 0.2) is 11.5 Å². The Kier molecular flexibility index (Phi) is 2.47. The van der Waals surface area contributed by atoms with Gasteiger partial charge >= 0.3 is 4.87 Å². The predicted octanol–water partition coefficient (Wildman–Crippen LogP) is 1.82. The van der Waals surface area contributed by atoms with Crippen molar-refractivity contribution >= 4 is 11.3 Å². The summed E-state index contributed by atoms with van der Waals surface area (Å²) in [4.78, 5) is 13.6. The lowest BCUT2D eigenvalue weighted by Crippen LogP contribution is -1.92. The van der Waals surface area contributed by atoms with Gasteiger partial charge in [-0.05, 0) is 18.2 Å². The maximum Gasteiger partial charge on any atom is 0.304 e. The van der Waals surface area contributed by atoms with Crippen LogP contribution in [0.4, 0.5) is 0 Å². The zero-order valence-electron chi connectivity index (χ0n) is 7.98. The number of aromatic hydroxyl groups is 1. The van der Waals surface area contributed by atoms with Gasteiger partial charge in [0.1, 0.15) is 0 Å². The topological polar surface area (TPSA) is 62.3 Å². The number of nitrogens with one attached hydrogen (secondary N) is 1. The number of phenols is 1. The second-order valence-electron chi connectivity index (χ2n) is 2.95. The standard InChI is InChI=1S/C10H9NO3S/c1-14-9-4-6(2-3-8(9)12)7-5-15-10(13)11-7/h2-5,12H,1H3,(H,11,13).